The summed E-state index contributed by atoms with van der Waals surface area (Å²) in [5.41, 5.74) is 0. The van der Waals surface area contributed by atoms with E-state index < -0.39 is 6.10 Å². The third-order valence-electron chi connectivity index (χ3n) is 4.15. The number of aromatic hydroxyl groups is 1. The molecule has 1 heterocycles. The first-order valence-corrected chi connectivity index (χ1v) is 8.53. The maximum atomic E-state index is 12.5. The number of nitrogens with one attached hydrogen (secondary N) is 1. The Balaban J connectivity index is 1.79. The fraction of sp³-hybridized carbons (Fsp3) is 0.556. The highest BCUT2D eigenvalue weighted by Gasteiger charge is 2.27. The van der Waals surface area contributed by atoms with Crippen molar-refractivity contribution in [1.29, 1.82) is 0 Å². The zero-order valence-electron chi connectivity index (χ0n) is 14.3. The topological polar surface area (TPSA) is 78.9 Å². The Bertz CT molecular complexity index is 551. The predicted molar refractivity (Wildman–Crippen MR) is 90.8 cm³/mol. The fourth-order valence-electron chi connectivity index (χ4n) is 2.81. The molecule has 1 saturated heterocycles. The average Bonchev–Trinajstić information content (AvgIpc) is 2.57. The summed E-state index contributed by atoms with van der Waals surface area (Å²) in [4.78, 5) is 25.9. The van der Waals surface area contributed by atoms with Crippen LogP contribution in [0.25, 0.3) is 0 Å². The number of benzene rings is 1. The van der Waals surface area contributed by atoms with E-state index in [4.69, 9.17) is 4.74 Å². The fourth-order valence-corrected chi connectivity index (χ4v) is 2.81. The zero-order valence-corrected chi connectivity index (χ0v) is 14.3. The number of hydrogen-bond donors (Lipinski definition) is 2. The molecule has 1 unspecified atom stereocenters. The third kappa shape index (κ3) is 5.15. The number of nitrogens with zero attached hydrogens (tertiary/aromatic N) is 1. The summed E-state index contributed by atoms with van der Waals surface area (Å²) in [6.45, 7) is 4.96. The van der Waals surface area contributed by atoms with Crippen molar-refractivity contribution < 1.29 is 19.4 Å². The Morgan fingerprint density at radius 1 is 1.29 bits per heavy atom. The molecule has 1 fully saturated rings. The zero-order chi connectivity index (χ0) is 17.5. The molecule has 0 saturated carbocycles. The van der Waals surface area contributed by atoms with Crippen molar-refractivity contribution >= 4 is 11.8 Å². The van der Waals surface area contributed by atoms with Gasteiger partial charge in [-0.05, 0) is 50.5 Å². The third-order valence-corrected chi connectivity index (χ3v) is 4.15. The lowest BCUT2D eigenvalue weighted by atomic mass is 10.0. The molecular formula is C18H26N2O4. The number of ether oxygens (including phenoxy) is 1. The standard InChI is InChI=1S/C18H26N2O4/c1-3-4-17(22)19-14-9-11-20(12-10-14)18(23)13(2)24-16-7-5-15(21)6-8-16/h5-8,13-14,21H,3-4,9-12H2,1-2H3,(H,19,22). The average molecular weight is 334 g/mol. The summed E-state index contributed by atoms with van der Waals surface area (Å²) >= 11 is 0. The van der Waals surface area contributed by atoms with Crippen LogP contribution in [0.4, 0.5) is 0 Å². The van der Waals surface area contributed by atoms with Crippen LogP contribution in [0.15, 0.2) is 24.3 Å². The number of phenolic OH excluding ortho intramolecular Hbond substituents is 1. The van der Waals surface area contributed by atoms with E-state index in [2.05, 4.69) is 5.32 Å². The first-order chi connectivity index (χ1) is 11.5. The van der Waals surface area contributed by atoms with Crippen molar-refractivity contribution in [2.24, 2.45) is 0 Å². The minimum atomic E-state index is -0.583. The van der Waals surface area contributed by atoms with Crippen molar-refractivity contribution in [3.8, 4) is 11.5 Å². The van der Waals surface area contributed by atoms with E-state index in [0.717, 1.165) is 19.3 Å². The smallest absolute Gasteiger partial charge is 0.263 e. The van der Waals surface area contributed by atoms with E-state index in [1.807, 2.05) is 6.92 Å². The van der Waals surface area contributed by atoms with Gasteiger partial charge in [-0.2, -0.15) is 0 Å². The van der Waals surface area contributed by atoms with E-state index in [1.54, 1.807) is 24.0 Å². The van der Waals surface area contributed by atoms with Crippen LogP contribution in [-0.2, 0) is 9.59 Å². The van der Waals surface area contributed by atoms with Crippen LogP contribution in [0.3, 0.4) is 0 Å². The molecule has 6 nitrogen and oxygen atoms in total. The first-order valence-electron chi connectivity index (χ1n) is 8.53. The molecule has 0 spiro atoms. The van der Waals surface area contributed by atoms with Crippen LogP contribution in [0.1, 0.15) is 39.5 Å². The number of amides is 2. The van der Waals surface area contributed by atoms with Crippen LogP contribution in [-0.4, -0.2) is 47.1 Å². The number of phenols is 1. The highest BCUT2D eigenvalue weighted by atomic mass is 16.5. The molecule has 0 aliphatic carbocycles. The highest BCUT2D eigenvalue weighted by molar-refractivity contribution is 5.81. The van der Waals surface area contributed by atoms with E-state index in [9.17, 15) is 14.7 Å². The van der Waals surface area contributed by atoms with Crippen molar-refractivity contribution in [2.45, 2.75) is 51.7 Å². The molecule has 2 amide bonds. The number of likely N-dealkylation sites (tertiary alicyclic amines) is 1. The van der Waals surface area contributed by atoms with Crippen molar-refractivity contribution in [1.82, 2.24) is 10.2 Å². The van der Waals surface area contributed by atoms with Crippen LogP contribution in [0, 0.1) is 0 Å². The molecular weight excluding hydrogens is 308 g/mol. The van der Waals surface area contributed by atoms with Crippen molar-refractivity contribution in [3.05, 3.63) is 24.3 Å². The van der Waals surface area contributed by atoms with Gasteiger partial charge >= 0.3 is 0 Å². The van der Waals surface area contributed by atoms with Gasteiger partial charge in [-0.1, -0.05) is 6.92 Å². The van der Waals surface area contributed by atoms with E-state index >= 15 is 0 Å². The molecule has 2 N–H and O–H groups in total. The second-order valence-electron chi connectivity index (χ2n) is 6.17. The number of rotatable bonds is 6. The molecule has 132 valence electrons. The highest BCUT2D eigenvalue weighted by Crippen LogP contribution is 2.19. The molecule has 1 aliphatic heterocycles. The summed E-state index contributed by atoms with van der Waals surface area (Å²) in [7, 11) is 0. The molecule has 6 heteroatoms. The van der Waals surface area contributed by atoms with Gasteiger partial charge in [-0.3, -0.25) is 9.59 Å². The molecule has 24 heavy (non-hydrogen) atoms. The van der Waals surface area contributed by atoms with Gasteiger partial charge < -0.3 is 20.1 Å². The normalized spacial score (nSPS) is 16.5. The molecule has 0 aromatic heterocycles. The van der Waals surface area contributed by atoms with E-state index in [1.165, 1.54) is 12.1 Å². The van der Waals surface area contributed by atoms with Gasteiger partial charge in [0.25, 0.3) is 5.91 Å². The van der Waals surface area contributed by atoms with E-state index in [0.29, 0.717) is 25.3 Å². The summed E-state index contributed by atoms with van der Waals surface area (Å²) in [5, 5.41) is 12.3. The molecule has 2 rings (SSSR count). The van der Waals surface area contributed by atoms with Crippen LogP contribution in [0.5, 0.6) is 11.5 Å². The Morgan fingerprint density at radius 3 is 2.50 bits per heavy atom. The number of carbonyl (C=O) groups is 2. The predicted octanol–water partition coefficient (Wildman–Crippen LogP) is 2.07. The minimum Gasteiger partial charge on any atom is -0.508 e. The monoisotopic (exact) mass is 334 g/mol. The van der Waals surface area contributed by atoms with Crippen LogP contribution in [0.2, 0.25) is 0 Å². The lowest BCUT2D eigenvalue weighted by Crippen LogP contribution is -2.49. The maximum Gasteiger partial charge on any atom is 0.263 e. The molecule has 1 aromatic rings. The van der Waals surface area contributed by atoms with Gasteiger partial charge in [-0.25, -0.2) is 0 Å². The molecule has 1 atom stereocenters. The SMILES string of the molecule is CCCC(=O)NC1CCN(C(=O)C(C)Oc2ccc(O)cc2)CC1. The van der Waals surface area contributed by atoms with Gasteiger partial charge in [0.2, 0.25) is 5.91 Å². The summed E-state index contributed by atoms with van der Waals surface area (Å²) in [6.07, 6.45) is 2.35. The second kappa shape index (κ2) is 8.57. The van der Waals surface area contributed by atoms with Gasteiger partial charge in [0.05, 0.1) is 0 Å². The molecule has 0 radical (unpaired) electrons. The van der Waals surface area contributed by atoms with Crippen LogP contribution >= 0.6 is 0 Å². The van der Waals surface area contributed by atoms with E-state index in [-0.39, 0.29) is 23.6 Å². The quantitative estimate of drug-likeness (QED) is 0.835. The second-order valence-corrected chi connectivity index (χ2v) is 6.17. The Hall–Kier alpha value is -2.24. The maximum absolute atomic E-state index is 12.5. The van der Waals surface area contributed by atoms with Crippen molar-refractivity contribution in [3.63, 3.8) is 0 Å². The summed E-state index contributed by atoms with van der Waals surface area (Å²) < 4.78 is 5.64. The first kappa shape index (κ1) is 18.1. The molecule has 1 aliphatic rings. The number of hydrogen-bond acceptors (Lipinski definition) is 4. The Kier molecular flexibility index (Phi) is 6.46. The summed E-state index contributed by atoms with van der Waals surface area (Å²) in [5.74, 6) is 0.747. The van der Waals surface area contributed by atoms with Crippen LogP contribution < -0.4 is 10.1 Å². The number of piperidine rings is 1. The van der Waals surface area contributed by atoms with Crippen molar-refractivity contribution in [2.75, 3.05) is 13.1 Å². The van der Waals surface area contributed by atoms with Gasteiger partial charge in [0.15, 0.2) is 6.10 Å². The van der Waals surface area contributed by atoms with Gasteiger partial charge in [0, 0.05) is 25.6 Å². The molecule has 1 aromatic carbocycles. The lowest BCUT2D eigenvalue weighted by molar-refractivity contribution is -0.139. The summed E-state index contributed by atoms with van der Waals surface area (Å²) in [6, 6.07) is 6.47. The van der Waals surface area contributed by atoms with Gasteiger partial charge in [0.1, 0.15) is 11.5 Å². The Labute approximate surface area is 142 Å². The minimum absolute atomic E-state index is 0.0543. The van der Waals surface area contributed by atoms with Gasteiger partial charge in [-0.15, -0.1) is 0 Å². The largest absolute Gasteiger partial charge is 0.508 e. The Morgan fingerprint density at radius 2 is 1.92 bits per heavy atom. The molecule has 0 bridgehead atoms. The number of carbonyl (C=O) groups excluding carboxylic acids is 2. The lowest BCUT2D eigenvalue weighted by Gasteiger charge is -2.33.